The van der Waals surface area contributed by atoms with Crippen LogP contribution in [0.15, 0.2) is 79.1 Å². The van der Waals surface area contributed by atoms with Crippen LogP contribution in [0.2, 0.25) is 5.02 Å². The van der Waals surface area contributed by atoms with Gasteiger partial charge in [0.15, 0.2) is 0 Å². The lowest BCUT2D eigenvalue weighted by Gasteiger charge is -1.94. The minimum absolute atomic E-state index is 0.755. The highest BCUT2D eigenvalue weighted by Gasteiger charge is 1.92. The number of fused-ring (bicyclic) bond motifs is 2. The van der Waals surface area contributed by atoms with Gasteiger partial charge in [-0.15, -0.1) is 0 Å². The van der Waals surface area contributed by atoms with Gasteiger partial charge in [-0.2, -0.15) is 0 Å². The third-order valence-corrected chi connectivity index (χ3v) is 3.31. The molecule has 0 fully saturated rings. The smallest absolute Gasteiger partial charge is 0.0702 e. The number of benzene rings is 2. The molecule has 0 N–H and O–H groups in total. The second kappa shape index (κ2) is 6.33. The first-order valence-electron chi connectivity index (χ1n) is 6.63. The monoisotopic (exact) mass is 292 g/mol. The summed E-state index contributed by atoms with van der Waals surface area (Å²) < 4.78 is 0. The van der Waals surface area contributed by atoms with Crippen LogP contribution in [0.4, 0.5) is 0 Å². The zero-order chi connectivity index (χ0) is 14.5. The number of nitrogens with zero attached hydrogens (tertiary/aromatic N) is 2. The molecule has 2 heterocycles. The van der Waals surface area contributed by atoms with E-state index in [1.807, 2.05) is 60.8 Å². The van der Waals surface area contributed by atoms with Gasteiger partial charge in [-0.05, 0) is 36.4 Å². The van der Waals surface area contributed by atoms with Crippen molar-refractivity contribution < 1.29 is 0 Å². The molecule has 3 heteroatoms. The van der Waals surface area contributed by atoms with Gasteiger partial charge >= 0.3 is 0 Å². The zero-order valence-electron chi connectivity index (χ0n) is 11.3. The Labute approximate surface area is 128 Å². The SMILES string of the molecule is Clc1ccc2ncccc2c1.c1ccc2ncccc2c1. The molecular formula is C18H13ClN2. The second-order valence-corrected chi connectivity index (χ2v) is 4.97. The first kappa shape index (κ1) is 13.5. The van der Waals surface area contributed by atoms with Crippen molar-refractivity contribution >= 4 is 33.4 Å². The summed E-state index contributed by atoms with van der Waals surface area (Å²) >= 11 is 5.79. The van der Waals surface area contributed by atoms with E-state index in [9.17, 15) is 0 Å². The fourth-order valence-corrected chi connectivity index (χ4v) is 2.24. The quantitative estimate of drug-likeness (QED) is 0.449. The van der Waals surface area contributed by atoms with Crippen LogP contribution in [0.5, 0.6) is 0 Å². The molecule has 2 nitrogen and oxygen atoms in total. The van der Waals surface area contributed by atoms with Crippen LogP contribution in [0.25, 0.3) is 21.8 Å². The molecular weight excluding hydrogens is 280 g/mol. The summed E-state index contributed by atoms with van der Waals surface area (Å²) in [6.45, 7) is 0. The second-order valence-electron chi connectivity index (χ2n) is 4.54. The van der Waals surface area contributed by atoms with Crippen LogP contribution in [0.1, 0.15) is 0 Å². The Morgan fingerprint density at radius 2 is 1.24 bits per heavy atom. The molecule has 0 spiro atoms. The van der Waals surface area contributed by atoms with Gasteiger partial charge in [0, 0.05) is 28.2 Å². The van der Waals surface area contributed by atoms with Crippen molar-refractivity contribution in [2.24, 2.45) is 0 Å². The average molecular weight is 293 g/mol. The highest BCUT2D eigenvalue weighted by atomic mass is 35.5. The molecule has 0 amide bonds. The Kier molecular flexibility index (Phi) is 4.08. The maximum Gasteiger partial charge on any atom is 0.0702 e. The summed E-state index contributed by atoms with van der Waals surface area (Å²) in [4.78, 5) is 8.34. The lowest BCUT2D eigenvalue weighted by atomic mass is 10.2. The van der Waals surface area contributed by atoms with Gasteiger partial charge in [0.1, 0.15) is 0 Å². The van der Waals surface area contributed by atoms with Crippen molar-refractivity contribution in [1.29, 1.82) is 0 Å². The number of para-hydroxylation sites is 1. The van der Waals surface area contributed by atoms with E-state index in [1.165, 1.54) is 5.39 Å². The number of aromatic nitrogens is 2. The predicted octanol–water partition coefficient (Wildman–Crippen LogP) is 5.12. The number of hydrogen-bond donors (Lipinski definition) is 0. The molecule has 0 saturated heterocycles. The first-order valence-corrected chi connectivity index (χ1v) is 7.01. The molecule has 102 valence electrons. The highest BCUT2D eigenvalue weighted by Crippen LogP contribution is 2.16. The van der Waals surface area contributed by atoms with Gasteiger partial charge in [0.05, 0.1) is 11.0 Å². The summed E-state index contributed by atoms with van der Waals surface area (Å²) in [5.74, 6) is 0. The van der Waals surface area contributed by atoms with Crippen LogP contribution >= 0.6 is 11.6 Å². The Bertz CT molecular complexity index is 809. The van der Waals surface area contributed by atoms with Crippen LogP contribution < -0.4 is 0 Å². The first-order chi connectivity index (χ1) is 10.3. The van der Waals surface area contributed by atoms with E-state index in [0.29, 0.717) is 0 Å². The maximum atomic E-state index is 5.79. The third kappa shape index (κ3) is 3.36. The molecule has 0 bridgehead atoms. The Hall–Kier alpha value is -2.45. The molecule has 0 aliphatic carbocycles. The van der Waals surface area contributed by atoms with E-state index in [0.717, 1.165) is 21.4 Å². The zero-order valence-corrected chi connectivity index (χ0v) is 12.0. The lowest BCUT2D eigenvalue weighted by Crippen LogP contribution is -1.75. The van der Waals surface area contributed by atoms with E-state index in [2.05, 4.69) is 22.1 Å². The van der Waals surface area contributed by atoms with Crippen molar-refractivity contribution in [3.05, 3.63) is 84.1 Å². The largest absolute Gasteiger partial charge is 0.256 e. The Balaban J connectivity index is 0.000000126. The van der Waals surface area contributed by atoms with Crippen molar-refractivity contribution in [2.75, 3.05) is 0 Å². The van der Waals surface area contributed by atoms with Gasteiger partial charge in [-0.3, -0.25) is 9.97 Å². The van der Waals surface area contributed by atoms with Gasteiger partial charge in [-0.25, -0.2) is 0 Å². The molecule has 4 aromatic rings. The van der Waals surface area contributed by atoms with E-state index >= 15 is 0 Å². The molecule has 2 aromatic carbocycles. The molecule has 0 aliphatic rings. The Morgan fingerprint density at radius 3 is 2.00 bits per heavy atom. The van der Waals surface area contributed by atoms with Crippen LogP contribution in [-0.2, 0) is 0 Å². The summed E-state index contributed by atoms with van der Waals surface area (Å²) in [5.41, 5.74) is 2.04. The normalized spacial score (nSPS) is 10.1. The molecule has 0 unspecified atom stereocenters. The summed E-state index contributed by atoms with van der Waals surface area (Å²) in [5, 5.41) is 3.04. The minimum atomic E-state index is 0.755. The van der Waals surface area contributed by atoms with E-state index < -0.39 is 0 Å². The Morgan fingerprint density at radius 1 is 0.619 bits per heavy atom. The standard InChI is InChI=1S/C9H6ClN.C9H7N/c10-8-3-4-9-7(6-8)2-1-5-11-9;1-2-6-9-8(4-1)5-3-7-10-9/h1-6H;1-7H. The van der Waals surface area contributed by atoms with Crippen molar-refractivity contribution in [2.45, 2.75) is 0 Å². The topological polar surface area (TPSA) is 25.8 Å². The van der Waals surface area contributed by atoms with E-state index in [4.69, 9.17) is 11.6 Å². The lowest BCUT2D eigenvalue weighted by molar-refractivity contribution is 1.41. The molecule has 4 rings (SSSR count). The number of pyridine rings is 2. The van der Waals surface area contributed by atoms with Gasteiger partial charge in [0.2, 0.25) is 0 Å². The molecule has 0 radical (unpaired) electrons. The molecule has 0 atom stereocenters. The third-order valence-electron chi connectivity index (χ3n) is 3.08. The maximum absolute atomic E-state index is 5.79. The van der Waals surface area contributed by atoms with Crippen LogP contribution in [0, 0.1) is 0 Å². The van der Waals surface area contributed by atoms with E-state index in [-0.39, 0.29) is 0 Å². The van der Waals surface area contributed by atoms with Crippen LogP contribution in [0.3, 0.4) is 0 Å². The average Bonchev–Trinajstić information content (AvgIpc) is 2.55. The van der Waals surface area contributed by atoms with Crippen LogP contribution in [-0.4, -0.2) is 9.97 Å². The van der Waals surface area contributed by atoms with Crippen molar-refractivity contribution in [3.8, 4) is 0 Å². The summed E-state index contributed by atoms with van der Waals surface area (Å²) in [6, 6.07) is 21.6. The molecule has 21 heavy (non-hydrogen) atoms. The number of halogens is 1. The van der Waals surface area contributed by atoms with Gasteiger partial charge in [0.25, 0.3) is 0 Å². The highest BCUT2D eigenvalue weighted by molar-refractivity contribution is 6.31. The summed E-state index contributed by atoms with van der Waals surface area (Å²) in [6.07, 6.45) is 3.58. The molecule has 0 aliphatic heterocycles. The predicted molar refractivity (Wildman–Crippen MR) is 88.5 cm³/mol. The number of hydrogen-bond acceptors (Lipinski definition) is 2. The van der Waals surface area contributed by atoms with E-state index in [1.54, 1.807) is 6.20 Å². The van der Waals surface area contributed by atoms with Crippen molar-refractivity contribution in [1.82, 2.24) is 9.97 Å². The summed E-state index contributed by atoms with van der Waals surface area (Å²) in [7, 11) is 0. The molecule has 2 aromatic heterocycles. The fraction of sp³-hybridized carbons (Fsp3) is 0. The molecule has 0 saturated carbocycles. The minimum Gasteiger partial charge on any atom is -0.256 e. The number of rotatable bonds is 0. The van der Waals surface area contributed by atoms with Gasteiger partial charge in [-0.1, -0.05) is 41.9 Å². The fourth-order valence-electron chi connectivity index (χ4n) is 2.06. The van der Waals surface area contributed by atoms with Gasteiger partial charge < -0.3 is 0 Å². The van der Waals surface area contributed by atoms with Crippen molar-refractivity contribution in [3.63, 3.8) is 0 Å².